The van der Waals surface area contributed by atoms with E-state index in [-0.39, 0.29) is 5.91 Å². The minimum Gasteiger partial charge on any atom is -0.381 e. The lowest BCUT2D eigenvalue weighted by Gasteiger charge is -2.24. The van der Waals surface area contributed by atoms with Crippen LogP contribution in [0.25, 0.3) is 0 Å². The second-order valence-corrected chi connectivity index (χ2v) is 9.08. The Labute approximate surface area is 202 Å². The number of halogens is 2. The van der Waals surface area contributed by atoms with E-state index in [1.165, 1.54) is 0 Å². The Kier molecular flexibility index (Phi) is 7.30. The van der Waals surface area contributed by atoms with Crippen LogP contribution < -0.4 is 15.5 Å². The topological polar surface area (TPSA) is 66.0 Å². The maximum absolute atomic E-state index is 13.3. The Balaban J connectivity index is 1.64. The second kappa shape index (κ2) is 10.2. The van der Waals surface area contributed by atoms with Crippen molar-refractivity contribution in [3.63, 3.8) is 0 Å². The summed E-state index contributed by atoms with van der Waals surface area (Å²) in [6.07, 6.45) is 1.07. The molecule has 2 aliphatic rings. The molecule has 2 aromatic rings. The molecule has 1 atom stereocenters. The van der Waals surface area contributed by atoms with Gasteiger partial charge in [0.15, 0.2) is 5.11 Å². The normalized spacial score (nSPS) is 19.1. The Morgan fingerprint density at radius 2 is 1.94 bits per heavy atom. The third-order valence-electron chi connectivity index (χ3n) is 5.69. The number of nitrogens with zero attached hydrogens (tertiary/aromatic N) is 2. The van der Waals surface area contributed by atoms with Crippen molar-refractivity contribution in [2.24, 2.45) is 10.9 Å². The van der Waals surface area contributed by atoms with Crippen LogP contribution in [0.3, 0.4) is 0 Å². The number of nitrogens with one attached hydrogen (secondary N) is 2. The first-order valence-corrected chi connectivity index (χ1v) is 11.6. The van der Waals surface area contributed by atoms with E-state index in [0.29, 0.717) is 38.0 Å². The number of benzodiazepines with no additional fused rings is 1. The second-order valence-electron chi connectivity index (χ2n) is 7.83. The van der Waals surface area contributed by atoms with E-state index >= 15 is 0 Å². The van der Waals surface area contributed by atoms with Crippen molar-refractivity contribution in [1.29, 1.82) is 0 Å². The Morgan fingerprint density at radius 3 is 2.69 bits per heavy atom. The molecular weight excluding hydrogens is 467 g/mol. The minimum absolute atomic E-state index is 0.231. The van der Waals surface area contributed by atoms with Crippen molar-refractivity contribution < 1.29 is 9.53 Å². The van der Waals surface area contributed by atoms with Crippen LogP contribution in [-0.2, 0) is 9.53 Å². The Morgan fingerprint density at radius 1 is 1.19 bits per heavy atom. The molecule has 9 heteroatoms. The molecule has 1 unspecified atom stereocenters. The van der Waals surface area contributed by atoms with Gasteiger partial charge < -0.3 is 20.3 Å². The first-order valence-electron chi connectivity index (χ1n) is 10.5. The quantitative estimate of drug-likeness (QED) is 0.633. The van der Waals surface area contributed by atoms with Crippen LogP contribution in [-0.4, -0.2) is 49.7 Å². The van der Waals surface area contributed by atoms with Gasteiger partial charge in [-0.2, -0.15) is 0 Å². The summed E-state index contributed by atoms with van der Waals surface area (Å²) < 4.78 is 5.41. The van der Waals surface area contributed by atoms with Gasteiger partial charge in [-0.05, 0) is 55.2 Å². The standard InChI is InChI=1S/C23H24Cl2N4O2S/c1-29-19-7-6-15(24)12-17(19)20(16-4-2-3-5-18(16)25)27-21(22(29)30)28-23(32)26-13-14-8-10-31-11-9-14/h2-7,12,14,21H,8-11,13H2,1H3,(H2,26,28,32). The molecule has 1 saturated heterocycles. The van der Waals surface area contributed by atoms with Crippen LogP contribution in [0.5, 0.6) is 0 Å². The summed E-state index contributed by atoms with van der Waals surface area (Å²) in [6.45, 7) is 2.26. The van der Waals surface area contributed by atoms with Crippen molar-refractivity contribution >= 4 is 57.8 Å². The fourth-order valence-corrected chi connectivity index (χ4v) is 4.46. The van der Waals surface area contributed by atoms with Crippen LogP contribution in [0.2, 0.25) is 10.0 Å². The van der Waals surface area contributed by atoms with Crippen LogP contribution in [0.4, 0.5) is 5.69 Å². The molecule has 6 nitrogen and oxygen atoms in total. The van der Waals surface area contributed by atoms with E-state index in [1.807, 2.05) is 24.3 Å². The third-order valence-corrected chi connectivity index (χ3v) is 6.51. The van der Waals surface area contributed by atoms with Gasteiger partial charge in [-0.1, -0.05) is 41.4 Å². The zero-order chi connectivity index (χ0) is 22.7. The smallest absolute Gasteiger partial charge is 0.272 e. The molecule has 0 aliphatic carbocycles. The molecule has 2 heterocycles. The number of amides is 1. The van der Waals surface area contributed by atoms with Gasteiger partial charge in [0, 0.05) is 48.0 Å². The highest BCUT2D eigenvalue weighted by molar-refractivity contribution is 7.80. The molecule has 2 aliphatic heterocycles. The fourth-order valence-electron chi connectivity index (χ4n) is 3.87. The number of benzene rings is 2. The number of anilines is 1. The lowest BCUT2D eigenvalue weighted by atomic mass is 10.00. The molecule has 0 radical (unpaired) electrons. The van der Waals surface area contributed by atoms with Gasteiger partial charge in [-0.15, -0.1) is 0 Å². The van der Waals surface area contributed by atoms with Crippen molar-refractivity contribution in [3.05, 3.63) is 63.6 Å². The van der Waals surface area contributed by atoms with Crippen LogP contribution >= 0.6 is 35.4 Å². The van der Waals surface area contributed by atoms with Gasteiger partial charge in [-0.25, -0.2) is 4.99 Å². The van der Waals surface area contributed by atoms with Gasteiger partial charge in [0.25, 0.3) is 5.91 Å². The van der Waals surface area contributed by atoms with E-state index in [1.54, 1.807) is 30.1 Å². The average Bonchev–Trinajstić information content (AvgIpc) is 2.89. The monoisotopic (exact) mass is 490 g/mol. The first-order chi connectivity index (χ1) is 15.4. The number of carbonyl (C=O) groups is 1. The van der Waals surface area contributed by atoms with Crippen molar-refractivity contribution in [2.75, 3.05) is 31.7 Å². The molecule has 0 spiro atoms. The van der Waals surface area contributed by atoms with E-state index in [2.05, 4.69) is 10.6 Å². The average molecular weight is 491 g/mol. The van der Waals surface area contributed by atoms with E-state index in [9.17, 15) is 4.79 Å². The summed E-state index contributed by atoms with van der Waals surface area (Å²) in [7, 11) is 1.72. The maximum Gasteiger partial charge on any atom is 0.272 e. The molecule has 0 saturated carbocycles. The largest absolute Gasteiger partial charge is 0.381 e. The van der Waals surface area contributed by atoms with Gasteiger partial charge in [0.1, 0.15) is 0 Å². The highest BCUT2D eigenvalue weighted by Gasteiger charge is 2.31. The summed E-state index contributed by atoms with van der Waals surface area (Å²) in [5, 5.41) is 7.78. The number of hydrogen-bond donors (Lipinski definition) is 2. The molecule has 32 heavy (non-hydrogen) atoms. The molecular formula is C23H24Cl2N4O2S. The highest BCUT2D eigenvalue weighted by Crippen LogP contribution is 2.31. The third kappa shape index (κ3) is 5.07. The molecule has 1 fully saturated rings. The summed E-state index contributed by atoms with van der Waals surface area (Å²) in [5.74, 6) is 0.260. The molecule has 2 N–H and O–H groups in total. The van der Waals surface area contributed by atoms with Crippen molar-refractivity contribution in [1.82, 2.24) is 10.6 Å². The maximum atomic E-state index is 13.3. The first kappa shape index (κ1) is 23.0. The van der Waals surface area contributed by atoms with Gasteiger partial charge >= 0.3 is 0 Å². The lowest BCUT2D eigenvalue weighted by molar-refractivity contribution is -0.119. The van der Waals surface area contributed by atoms with Gasteiger partial charge in [0.2, 0.25) is 6.17 Å². The Bertz CT molecular complexity index is 1060. The van der Waals surface area contributed by atoms with Gasteiger partial charge in [-0.3, -0.25) is 4.79 Å². The number of ether oxygens (including phenoxy) is 1. The van der Waals surface area contributed by atoms with Crippen molar-refractivity contribution in [2.45, 2.75) is 19.0 Å². The zero-order valence-corrected chi connectivity index (χ0v) is 19.9. The molecule has 168 valence electrons. The fraction of sp³-hybridized carbons (Fsp3) is 0.348. The van der Waals surface area contributed by atoms with Gasteiger partial charge in [0.05, 0.1) is 11.4 Å². The summed E-state index contributed by atoms with van der Waals surface area (Å²) in [4.78, 5) is 19.6. The minimum atomic E-state index is -0.910. The summed E-state index contributed by atoms with van der Waals surface area (Å²) in [6, 6.07) is 12.8. The molecule has 2 aromatic carbocycles. The Hall–Kier alpha value is -2.19. The summed E-state index contributed by atoms with van der Waals surface area (Å²) in [5.41, 5.74) is 2.72. The number of likely N-dealkylation sites (N-methyl/N-ethyl adjacent to an activating group) is 1. The number of rotatable bonds is 4. The number of thiocarbonyl (C=S) groups is 1. The number of fused-ring (bicyclic) bond motifs is 1. The summed E-state index contributed by atoms with van der Waals surface area (Å²) >= 11 is 18.3. The van der Waals surface area contributed by atoms with E-state index in [0.717, 1.165) is 38.2 Å². The molecule has 0 bridgehead atoms. The molecule has 1 amide bonds. The predicted molar refractivity (Wildman–Crippen MR) is 133 cm³/mol. The van der Waals surface area contributed by atoms with Crippen LogP contribution in [0.15, 0.2) is 47.5 Å². The van der Waals surface area contributed by atoms with Crippen LogP contribution in [0.1, 0.15) is 24.0 Å². The predicted octanol–water partition coefficient (Wildman–Crippen LogP) is 4.02. The van der Waals surface area contributed by atoms with E-state index in [4.69, 9.17) is 45.1 Å². The SMILES string of the molecule is CN1C(=O)C(NC(=S)NCC2CCOCC2)N=C(c2ccccc2Cl)c2cc(Cl)ccc21. The van der Waals surface area contributed by atoms with Crippen LogP contribution in [0, 0.1) is 5.92 Å². The van der Waals surface area contributed by atoms with E-state index < -0.39 is 6.17 Å². The molecule has 4 rings (SSSR count). The number of hydrogen-bond acceptors (Lipinski definition) is 4. The zero-order valence-electron chi connectivity index (χ0n) is 17.6. The highest BCUT2D eigenvalue weighted by atomic mass is 35.5. The molecule has 0 aromatic heterocycles. The number of carbonyl (C=O) groups excluding carboxylic acids is 1. The lowest BCUT2D eigenvalue weighted by Crippen LogP contribution is -2.50. The number of aliphatic imine (C=N–C) groups is 1. The van der Waals surface area contributed by atoms with Crippen molar-refractivity contribution in [3.8, 4) is 0 Å².